The number of benzene rings is 2. The van der Waals surface area contributed by atoms with Gasteiger partial charge in [-0.15, -0.1) is 0 Å². The molecule has 7 heteroatoms. The predicted octanol–water partition coefficient (Wildman–Crippen LogP) is 3.23. The maximum atomic E-state index is 13.5. The largest absolute Gasteiger partial charge is 0.493 e. The van der Waals surface area contributed by atoms with Gasteiger partial charge in [0.25, 0.3) is 5.91 Å². The van der Waals surface area contributed by atoms with E-state index in [1.54, 1.807) is 38.3 Å². The van der Waals surface area contributed by atoms with Gasteiger partial charge >= 0.3 is 0 Å². The van der Waals surface area contributed by atoms with E-state index in [0.717, 1.165) is 11.1 Å². The van der Waals surface area contributed by atoms with Gasteiger partial charge in [-0.1, -0.05) is 24.3 Å². The van der Waals surface area contributed by atoms with Gasteiger partial charge in [-0.3, -0.25) is 9.59 Å². The van der Waals surface area contributed by atoms with Gasteiger partial charge < -0.3 is 24.3 Å². The van der Waals surface area contributed by atoms with Crippen LogP contribution in [0.1, 0.15) is 33.4 Å². The summed E-state index contributed by atoms with van der Waals surface area (Å²) < 4.78 is 12.8. The minimum atomic E-state index is -0.559. The summed E-state index contributed by atoms with van der Waals surface area (Å²) in [6.45, 7) is 1.16. The van der Waals surface area contributed by atoms with E-state index in [1.807, 2.05) is 59.4 Å². The molecule has 0 unspecified atom stereocenters. The van der Waals surface area contributed by atoms with Gasteiger partial charge in [-0.2, -0.15) is 0 Å². The van der Waals surface area contributed by atoms with Crippen molar-refractivity contribution in [2.45, 2.75) is 18.5 Å². The number of rotatable bonds is 7. The van der Waals surface area contributed by atoms with Crippen molar-refractivity contribution in [3.63, 3.8) is 0 Å². The highest BCUT2D eigenvalue weighted by atomic mass is 16.5. The molecule has 0 radical (unpaired) electrons. The van der Waals surface area contributed by atoms with Gasteiger partial charge in [0.1, 0.15) is 0 Å². The van der Waals surface area contributed by atoms with Crippen molar-refractivity contribution in [1.82, 2.24) is 14.8 Å². The molecule has 0 spiro atoms. The lowest BCUT2D eigenvalue weighted by Gasteiger charge is -2.40. The minimum Gasteiger partial charge on any atom is -0.493 e. The van der Waals surface area contributed by atoms with Crippen LogP contribution in [0.4, 0.5) is 0 Å². The number of nitrogens with zero attached hydrogens (tertiary/aromatic N) is 2. The van der Waals surface area contributed by atoms with Crippen molar-refractivity contribution >= 4 is 11.8 Å². The Hall–Kier alpha value is -3.74. The molecular formula is C25H27N3O4. The predicted molar refractivity (Wildman–Crippen MR) is 121 cm³/mol. The van der Waals surface area contributed by atoms with Gasteiger partial charge in [0, 0.05) is 38.1 Å². The third kappa shape index (κ3) is 3.93. The number of carbonyl (C=O) groups excluding carboxylic acids is 2. The van der Waals surface area contributed by atoms with Crippen LogP contribution in [0.5, 0.6) is 11.5 Å². The molecule has 1 N–H and O–H groups in total. The molecule has 166 valence electrons. The number of likely N-dealkylation sites (N-methyl/N-ethyl adjacent to an activating group) is 1. The monoisotopic (exact) mass is 433 g/mol. The minimum absolute atomic E-state index is 0.114. The van der Waals surface area contributed by atoms with E-state index in [4.69, 9.17) is 9.47 Å². The smallest absolute Gasteiger partial charge is 0.254 e. The second kappa shape index (κ2) is 9.18. The van der Waals surface area contributed by atoms with Gasteiger partial charge in [-0.25, -0.2) is 0 Å². The number of ether oxygens (including phenoxy) is 2. The van der Waals surface area contributed by atoms with Crippen LogP contribution in [0.25, 0.3) is 0 Å². The first-order valence-electron chi connectivity index (χ1n) is 10.5. The molecule has 3 aromatic rings. The Balaban J connectivity index is 1.71. The topological polar surface area (TPSA) is 72.8 Å². The first kappa shape index (κ1) is 21.5. The van der Waals surface area contributed by atoms with E-state index in [1.165, 1.54) is 0 Å². The summed E-state index contributed by atoms with van der Waals surface area (Å²) in [4.78, 5) is 28.3. The molecule has 0 fully saturated rings. The second-order valence-corrected chi connectivity index (χ2v) is 7.75. The standard InChI is InChI=1S/C25H27N3O4/c1-27-23(17-10-11-20(31-2)21(16-17)32-3)22(18-8-4-5-9-19(18)25(27)30)24(29)26-12-15-28-13-6-7-14-28/h4-11,13-14,16,22-23H,12,15H2,1-3H3,(H,26,29)/t22-,23-/m1/s1. The number of hydrogen-bond acceptors (Lipinski definition) is 4. The molecule has 7 nitrogen and oxygen atoms in total. The highest BCUT2D eigenvalue weighted by Crippen LogP contribution is 2.43. The lowest BCUT2D eigenvalue weighted by atomic mass is 9.79. The van der Waals surface area contributed by atoms with Crippen LogP contribution in [0.3, 0.4) is 0 Å². The van der Waals surface area contributed by atoms with Gasteiger partial charge in [0.15, 0.2) is 11.5 Å². The van der Waals surface area contributed by atoms with Crippen molar-refractivity contribution in [2.75, 3.05) is 27.8 Å². The molecule has 32 heavy (non-hydrogen) atoms. The first-order valence-corrected chi connectivity index (χ1v) is 10.5. The second-order valence-electron chi connectivity index (χ2n) is 7.75. The summed E-state index contributed by atoms with van der Waals surface area (Å²) in [5.41, 5.74) is 2.09. The number of carbonyl (C=O) groups is 2. The maximum absolute atomic E-state index is 13.5. The number of aromatic nitrogens is 1. The molecule has 2 atom stereocenters. The Morgan fingerprint density at radius 1 is 1.00 bits per heavy atom. The van der Waals surface area contributed by atoms with Gasteiger partial charge in [-0.05, 0) is 41.5 Å². The normalized spacial score (nSPS) is 17.6. The molecule has 1 aliphatic rings. The summed E-state index contributed by atoms with van der Waals surface area (Å²) >= 11 is 0. The van der Waals surface area contributed by atoms with Gasteiger partial charge in [0.05, 0.1) is 26.2 Å². The molecule has 0 bridgehead atoms. The molecule has 2 amide bonds. The van der Waals surface area contributed by atoms with E-state index in [-0.39, 0.29) is 11.8 Å². The lowest BCUT2D eigenvalue weighted by molar-refractivity contribution is -0.124. The van der Waals surface area contributed by atoms with Crippen LogP contribution < -0.4 is 14.8 Å². The van der Waals surface area contributed by atoms with Crippen LogP contribution in [-0.2, 0) is 11.3 Å². The Bertz CT molecular complexity index is 1110. The zero-order valence-corrected chi connectivity index (χ0v) is 18.4. The Labute approximate surface area is 187 Å². The van der Waals surface area contributed by atoms with Crippen molar-refractivity contribution in [3.8, 4) is 11.5 Å². The van der Waals surface area contributed by atoms with Crippen LogP contribution >= 0.6 is 0 Å². The fourth-order valence-corrected chi connectivity index (χ4v) is 4.35. The zero-order valence-electron chi connectivity index (χ0n) is 18.4. The molecule has 1 aliphatic heterocycles. The molecule has 2 aromatic carbocycles. The molecule has 2 heterocycles. The van der Waals surface area contributed by atoms with E-state index < -0.39 is 12.0 Å². The molecule has 1 aromatic heterocycles. The van der Waals surface area contributed by atoms with Crippen LogP contribution in [0.15, 0.2) is 67.0 Å². The molecule has 4 rings (SSSR count). The average molecular weight is 434 g/mol. The number of methoxy groups -OCH3 is 2. The van der Waals surface area contributed by atoms with E-state index in [0.29, 0.717) is 30.2 Å². The SMILES string of the molecule is COc1ccc([C@@H]2[C@H](C(=O)NCCn3cccc3)c3ccccc3C(=O)N2C)cc1OC. The fourth-order valence-electron chi connectivity index (χ4n) is 4.35. The van der Waals surface area contributed by atoms with Crippen LogP contribution in [0.2, 0.25) is 0 Å². The van der Waals surface area contributed by atoms with Gasteiger partial charge in [0.2, 0.25) is 5.91 Å². The summed E-state index contributed by atoms with van der Waals surface area (Å²) in [6, 6.07) is 16.3. The fraction of sp³-hybridized carbons (Fsp3) is 0.280. The molecule has 0 saturated heterocycles. The third-order valence-corrected chi connectivity index (χ3v) is 5.95. The number of hydrogen-bond donors (Lipinski definition) is 1. The summed E-state index contributed by atoms with van der Waals surface area (Å²) in [5.74, 6) is 0.350. The average Bonchev–Trinajstić information content (AvgIpc) is 3.34. The van der Waals surface area contributed by atoms with Crippen LogP contribution in [-0.4, -0.2) is 49.1 Å². The van der Waals surface area contributed by atoms with Crippen LogP contribution in [0, 0.1) is 0 Å². The van der Waals surface area contributed by atoms with Crippen molar-refractivity contribution in [3.05, 3.63) is 83.7 Å². The summed E-state index contributed by atoms with van der Waals surface area (Å²) in [6.07, 6.45) is 3.92. The van der Waals surface area contributed by atoms with Crippen molar-refractivity contribution in [1.29, 1.82) is 0 Å². The third-order valence-electron chi connectivity index (χ3n) is 5.95. The Kier molecular flexibility index (Phi) is 6.16. The van der Waals surface area contributed by atoms with E-state index >= 15 is 0 Å². The molecule has 0 aliphatic carbocycles. The molecular weight excluding hydrogens is 406 g/mol. The van der Waals surface area contributed by atoms with Crippen molar-refractivity contribution in [2.24, 2.45) is 0 Å². The Morgan fingerprint density at radius 3 is 2.44 bits per heavy atom. The Morgan fingerprint density at radius 2 is 1.72 bits per heavy atom. The number of amides is 2. The van der Waals surface area contributed by atoms with E-state index in [2.05, 4.69) is 5.32 Å². The summed E-state index contributed by atoms with van der Waals surface area (Å²) in [5, 5.41) is 3.06. The lowest BCUT2D eigenvalue weighted by Crippen LogP contribution is -2.46. The highest BCUT2D eigenvalue weighted by molar-refractivity contribution is 6.01. The van der Waals surface area contributed by atoms with Crippen molar-refractivity contribution < 1.29 is 19.1 Å². The highest BCUT2D eigenvalue weighted by Gasteiger charge is 2.42. The van der Waals surface area contributed by atoms with E-state index in [9.17, 15) is 9.59 Å². The summed E-state index contributed by atoms with van der Waals surface area (Å²) in [7, 11) is 4.88. The molecule has 0 saturated carbocycles. The number of nitrogens with one attached hydrogen (secondary N) is 1. The maximum Gasteiger partial charge on any atom is 0.254 e. The quantitative estimate of drug-likeness (QED) is 0.621. The number of fused-ring (bicyclic) bond motifs is 1. The zero-order chi connectivity index (χ0) is 22.7. The first-order chi connectivity index (χ1) is 15.5.